The van der Waals surface area contributed by atoms with E-state index in [0.717, 1.165) is 9.13 Å². The summed E-state index contributed by atoms with van der Waals surface area (Å²) in [5, 5.41) is 31.1. The van der Waals surface area contributed by atoms with E-state index in [-0.39, 0.29) is 5.56 Å². The Bertz CT molecular complexity index is 1020. The number of carbonyl (C=O) groups is 2. The number of hydrogen-bond acceptors (Lipinski definition) is 6. The van der Waals surface area contributed by atoms with Gasteiger partial charge in [-0.15, -0.1) is 0 Å². The summed E-state index contributed by atoms with van der Waals surface area (Å²) in [6, 6.07) is 12.3. The van der Waals surface area contributed by atoms with Gasteiger partial charge in [0.15, 0.2) is 0 Å². The van der Waals surface area contributed by atoms with Crippen molar-refractivity contribution in [3.05, 3.63) is 62.2 Å². The number of halogens is 1. The predicted octanol–water partition coefficient (Wildman–Crippen LogP) is 2.22. The first-order chi connectivity index (χ1) is 14.3. The van der Waals surface area contributed by atoms with Crippen LogP contribution in [-0.2, 0) is 11.2 Å². The third-order valence-corrected chi connectivity index (χ3v) is 5.60. The molecule has 1 unspecified atom stereocenters. The summed E-state index contributed by atoms with van der Waals surface area (Å²) in [5.41, 5.74) is 7.30. The number of nitrogens with zero attached hydrogens (tertiary/aromatic N) is 2. The molecule has 4 N–H and O–H groups in total. The second-order valence-corrected chi connectivity index (χ2v) is 7.49. The second-order valence-electron chi connectivity index (χ2n) is 6.41. The Morgan fingerprint density at radius 2 is 1.77 bits per heavy atom. The van der Waals surface area contributed by atoms with Crippen molar-refractivity contribution in [3.63, 3.8) is 0 Å². The maximum absolute atomic E-state index is 12.6. The molecule has 2 atom stereocenters. The van der Waals surface area contributed by atoms with Crippen LogP contribution in [0.1, 0.15) is 40.9 Å². The molecule has 0 spiro atoms. The smallest absolute Gasteiger partial charge is 0.269 e. The van der Waals surface area contributed by atoms with Crippen LogP contribution < -0.4 is 16.2 Å². The summed E-state index contributed by atoms with van der Waals surface area (Å²) in [7, 11) is 0. The molecule has 0 saturated carbocycles. The number of aliphatic hydroxyl groups excluding tert-OH is 1. The van der Waals surface area contributed by atoms with Gasteiger partial charge in [0, 0.05) is 14.8 Å². The molecule has 0 radical (unpaired) electrons. The van der Waals surface area contributed by atoms with Crippen molar-refractivity contribution in [1.29, 1.82) is 10.5 Å². The van der Waals surface area contributed by atoms with Crippen LogP contribution in [0, 0.1) is 26.2 Å². The summed E-state index contributed by atoms with van der Waals surface area (Å²) < 4.78 is 0.779. The van der Waals surface area contributed by atoms with Crippen LogP contribution in [0.2, 0.25) is 0 Å². The quantitative estimate of drug-likeness (QED) is 0.343. The third kappa shape index (κ3) is 5.47. The maximum Gasteiger partial charge on any atom is 0.269 e. The van der Waals surface area contributed by atoms with Gasteiger partial charge in [-0.2, -0.15) is 10.5 Å². The monoisotopic (exact) mass is 517 g/mol. The molecular formula is C21H20IN5O3. The first-order valence-corrected chi connectivity index (χ1v) is 10.2. The van der Waals surface area contributed by atoms with E-state index < -0.39 is 24.0 Å². The van der Waals surface area contributed by atoms with Gasteiger partial charge in [0.1, 0.15) is 12.1 Å². The Kier molecular flexibility index (Phi) is 8.16. The molecular weight excluding hydrogens is 497 g/mol. The average Bonchev–Trinajstić information content (AvgIpc) is 2.75. The van der Waals surface area contributed by atoms with Crippen molar-refractivity contribution in [2.75, 3.05) is 5.32 Å². The number of benzene rings is 2. The van der Waals surface area contributed by atoms with Crippen molar-refractivity contribution < 1.29 is 14.7 Å². The minimum absolute atomic E-state index is 0.269. The normalized spacial score (nSPS) is 12.1. The summed E-state index contributed by atoms with van der Waals surface area (Å²) >= 11 is 2.08. The van der Waals surface area contributed by atoms with Crippen molar-refractivity contribution in [2.45, 2.75) is 32.4 Å². The lowest BCUT2D eigenvalue weighted by molar-refractivity contribution is -0.124. The molecule has 2 rings (SSSR count). The van der Waals surface area contributed by atoms with Crippen molar-refractivity contribution >= 4 is 40.1 Å². The molecule has 0 aliphatic heterocycles. The number of carbonyl (C=O) groups excluding carboxylic acids is 2. The third-order valence-electron chi connectivity index (χ3n) is 4.37. The first-order valence-electron chi connectivity index (χ1n) is 9.08. The van der Waals surface area contributed by atoms with Crippen molar-refractivity contribution in [2.24, 2.45) is 0 Å². The molecule has 2 aromatic rings. The number of nitrogens with one attached hydrogen (secondary N) is 3. The van der Waals surface area contributed by atoms with E-state index in [1.807, 2.05) is 13.0 Å². The number of amides is 2. The molecule has 0 heterocycles. The number of rotatable bonds is 6. The lowest BCUT2D eigenvalue weighted by Crippen LogP contribution is -2.52. The minimum Gasteiger partial charge on any atom is -0.391 e. The van der Waals surface area contributed by atoms with E-state index >= 15 is 0 Å². The van der Waals surface area contributed by atoms with E-state index in [0.29, 0.717) is 23.2 Å². The van der Waals surface area contributed by atoms with Crippen LogP contribution in [0.5, 0.6) is 0 Å². The van der Waals surface area contributed by atoms with Gasteiger partial charge < -0.3 is 10.4 Å². The van der Waals surface area contributed by atoms with Crippen LogP contribution in [0.4, 0.5) is 5.69 Å². The second kappa shape index (κ2) is 10.6. The zero-order valence-corrected chi connectivity index (χ0v) is 18.5. The Morgan fingerprint density at radius 3 is 2.30 bits per heavy atom. The highest BCUT2D eigenvalue weighted by atomic mass is 127. The van der Waals surface area contributed by atoms with Gasteiger partial charge in [-0.3, -0.25) is 20.4 Å². The number of nitriles is 2. The molecule has 9 heteroatoms. The summed E-state index contributed by atoms with van der Waals surface area (Å²) in [6.45, 7) is 3.39. The first kappa shape index (κ1) is 23.1. The van der Waals surface area contributed by atoms with Crippen LogP contribution in [0.3, 0.4) is 0 Å². The number of hydrogen-bond donors (Lipinski definition) is 4. The molecule has 0 aromatic heterocycles. The fourth-order valence-electron chi connectivity index (χ4n) is 2.73. The number of aliphatic hydroxyl groups is 1. The Balaban J connectivity index is 2.12. The van der Waals surface area contributed by atoms with Crippen LogP contribution in [0.15, 0.2) is 36.4 Å². The fraction of sp³-hybridized carbons (Fsp3) is 0.238. The number of anilines is 1. The fourth-order valence-corrected chi connectivity index (χ4v) is 3.70. The standard InChI is InChI=1S/C21H20IN5O3/c1-3-16-17(9-8-15(11-24)18(16)22)25-19(12(2)28)21(30)27-26-20(29)14-6-4-13(10-23)5-7-14/h4-9,12,19,25,28H,3H2,1-2H3,(H,26,29)(H,27,30)/t12-,19?/m1/s1. The zero-order valence-electron chi connectivity index (χ0n) is 16.4. The van der Waals surface area contributed by atoms with Gasteiger partial charge in [-0.05, 0) is 77.9 Å². The zero-order chi connectivity index (χ0) is 22.3. The topological polar surface area (TPSA) is 138 Å². The largest absolute Gasteiger partial charge is 0.391 e. The molecule has 0 aliphatic carbocycles. The highest BCUT2D eigenvalue weighted by Crippen LogP contribution is 2.26. The van der Waals surface area contributed by atoms with Gasteiger partial charge >= 0.3 is 0 Å². The molecule has 0 saturated heterocycles. The summed E-state index contributed by atoms with van der Waals surface area (Å²) in [6.07, 6.45) is -0.436. The van der Waals surface area contributed by atoms with E-state index in [9.17, 15) is 20.0 Å². The highest BCUT2D eigenvalue weighted by Gasteiger charge is 2.25. The van der Waals surface area contributed by atoms with Gasteiger partial charge in [-0.25, -0.2) is 0 Å². The minimum atomic E-state index is -1.06. The molecule has 0 aliphatic rings. The van der Waals surface area contributed by atoms with E-state index in [4.69, 9.17) is 5.26 Å². The van der Waals surface area contributed by atoms with E-state index in [1.165, 1.54) is 31.2 Å². The molecule has 30 heavy (non-hydrogen) atoms. The summed E-state index contributed by atoms with van der Waals surface area (Å²) in [5.74, 6) is -1.19. The lowest BCUT2D eigenvalue weighted by Gasteiger charge is -2.24. The molecule has 0 bridgehead atoms. The van der Waals surface area contributed by atoms with Crippen LogP contribution in [0.25, 0.3) is 0 Å². The summed E-state index contributed by atoms with van der Waals surface area (Å²) in [4.78, 5) is 24.8. The van der Waals surface area contributed by atoms with E-state index in [1.54, 1.807) is 12.1 Å². The number of hydrazine groups is 1. The Morgan fingerprint density at radius 1 is 1.10 bits per heavy atom. The van der Waals surface area contributed by atoms with Gasteiger partial charge in [0.25, 0.3) is 11.8 Å². The van der Waals surface area contributed by atoms with Gasteiger partial charge in [0.05, 0.1) is 23.3 Å². The Labute approximate surface area is 188 Å². The Hall–Kier alpha value is -3.15. The highest BCUT2D eigenvalue weighted by molar-refractivity contribution is 14.1. The van der Waals surface area contributed by atoms with Gasteiger partial charge in [0.2, 0.25) is 0 Å². The molecule has 2 amide bonds. The molecule has 8 nitrogen and oxygen atoms in total. The van der Waals surface area contributed by atoms with E-state index in [2.05, 4.69) is 44.8 Å². The SMILES string of the molecule is CCc1c(NC(C(=O)NNC(=O)c2ccc(C#N)cc2)[C@@H](C)O)ccc(C#N)c1I. The van der Waals surface area contributed by atoms with Crippen molar-refractivity contribution in [3.8, 4) is 12.1 Å². The predicted molar refractivity (Wildman–Crippen MR) is 119 cm³/mol. The van der Waals surface area contributed by atoms with Crippen molar-refractivity contribution in [1.82, 2.24) is 10.9 Å². The van der Waals surface area contributed by atoms with Crippen LogP contribution >= 0.6 is 22.6 Å². The lowest BCUT2D eigenvalue weighted by atomic mass is 10.0. The van der Waals surface area contributed by atoms with Gasteiger partial charge in [-0.1, -0.05) is 6.92 Å². The van der Waals surface area contributed by atoms with Crippen LogP contribution in [-0.4, -0.2) is 29.1 Å². The molecule has 0 fully saturated rings. The molecule has 154 valence electrons. The molecule has 2 aromatic carbocycles. The maximum atomic E-state index is 12.6. The average molecular weight is 517 g/mol.